The predicted octanol–water partition coefficient (Wildman–Crippen LogP) is 4.05. The van der Waals surface area contributed by atoms with Gasteiger partial charge in [-0.2, -0.15) is 0 Å². The van der Waals surface area contributed by atoms with Crippen LogP contribution in [0.5, 0.6) is 0 Å². The van der Waals surface area contributed by atoms with E-state index in [0.717, 1.165) is 16.9 Å². The molecule has 19 heavy (non-hydrogen) atoms. The predicted molar refractivity (Wildman–Crippen MR) is 79.8 cm³/mol. The molecule has 0 N–H and O–H groups in total. The van der Waals surface area contributed by atoms with E-state index in [0.29, 0.717) is 11.2 Å². The summed E-state index contributed by atoms with van der Waals surface area (Å²) >= 11 is 6.30. The van der Waals surface area contributed by atoms with Crippen LogP contribution in [0.4, 0.5) is 5.82 Å². The Kier molecular flexibility index (Phi) is 3.56. The van der Waals surface area contributed by atoms with Gasteiger partial charge >= 0.3 is 0 Å². The fourth-order valence-electron chi connectivity index (χ4n) is 2.83. The number of anilines is 1. The lowest BCUT2D eigenvalue weighted by molar-refractivity contribution is 0.426. The molecule has 1 aromatic carbocycles. The molecule has 1 aliphatic rings. The van der Waals surface area contributed by atoms with E-state index in [1.54, 1.807) is 0 Å². The van der Waals surface area contributed by atoms with E-state index in [2.05, 4.69) is 21.9 Å². The summed E-state index contributed by atoms with van der Waals surface area (Å²) in [4.78, 5) is 11.3. The monoisotopic (exact) mass is 275 g/mol. The van der Waals surface area contributed by atoms with Crippen molar-refractivity contribution >= 4 is 28.5 Å². The number of hydrogen-bond donors (Lipinski definition) is 0. The van der Waals surface area contributed by atoms with Gasteiger partial charge in [0.15, 0.2) is 11.0 Å². The van der Waals surface area contributed by atoms with Crippen LogP contribution < -0.4 is 4.90 Å². The topological polar surface area (TPSA) is 29.0 Å². The Morgan fingerprint density at radius 2 is 1.68 bits per heavy atom. The third-order valence-corrected chi connectivity index (χ3v) is 4.22. The van der Waals surface area contributed by atoms with Crippen LogP contribution >= 0.6 is 11.6 Å². The van der Waals surface area contributed by atoms with Gasteiger partial charge in [-0.1, -0.05) is 43.0 Å². The van der Waals surface area contributed by atoms with Crippen LogP contribution in [0.3, 0.4) is 0 Å². The van der Waals surface area contributed by atoms with E-state index in [1.807, 2.05) is 24.3 Å². The van der Waals surface area contributed by atoms with Crippen LogP contribution in [0.15, 0.2) is 24.3 Å². The molecular weight excluding hydrogens is 258 g/mol. The molecule has 3 nitrogen and oxygen atoms in total. The summed E-state index contributed by atoms with van der Waals surface area (Å²) in [6.45, 7) is 0. The zero-order valence-electron chi connectivity index (χ0n) is 11.1. The van der Waals surface area contributed by atoms with Gasteiger partial charge in [0.05, 0.1) is 11.0 Å². The minimum absolute atomic E-state index is 0.506. The van der Waals surface area contributed by atoms with E-state index in [9.17, 15) is 0 Å². The molecule has 0 atom stereocenters. The molecule has 0 amide bonds. The summed E-state index contributed by atoms with van der Waals surface area (Å²) in [6, 6.07) is 8.41. The minimum atomic E-state index is 0.506. The van der Waals surface area contributed by atoms with Crippen molar-refractivity contribution in [3.63, 3.8) is 0 Å². The molecule has 0 radical (unpaired) electrons. The number of aromatic nitrogens is 2. The van der Waals surface area contributed by atoms with Gasteiger partial charge in [-0.15, -0.1) is 0 Å². The average molecular weight is 276 g/mol. The van der Waals surface area contributed by atoms with Crippen molar-refractivity contribution in [1.29, 1.82) is 0 Å². The highest BCUT2D eigenvalue weighted by molar-refractivity contribution is 6.32. The standard InChI is InChI=1S/C15H18ClN3/c1-19(11-7-3-2-4-8-11)15-14(16)17-12-9-5-6-10-13(12)18-15/h5-6,9-11H,2-4,7-8H2,1H3. The molecular formula is C15H18ClN3. The summed E-state index contributed by atoms with van der Waals surface area (Å²) in [5, 5.41) is 0.506. The van der Waals surface area contributed by atoms with Crippen molar-refractivity contribution in [2.24, 2.45) is 0 Å². The lowest BCUT2D eigenvalue weighted by Crippen LogP contribution is -2.34. The Bertz CT molecular complexity index is 579. The van der Waals surface area contributed by atoms with Crippen LogP contribution in [0.25, 0.3) is 11.0 Å². The second-order valence-electron chi connectivity index (χ2n) is 5.23. The Balaban J connectivity index is 1.96. The van der Waals surface area contributed by atoms with Gasteiger partial charge in [0.1, 0.15) is 0 Å². The molecule has 1 fully saturated rings. The van der Waals surface area contributed by atoms with Crippen LogP contribution in [0, 0.1) is 0 Å². The zero-order chi connectivity index (χ0) is 13.2. The lowest BCUT2D eigenvalue weighted by Gasteiger charge is -2.32. The van der Waals surface area contributed by atoms with Gasteiger partial charge in [-0.3, -0.25) is 0 Å². The second-order valence-corrected chi connectivity index (χ2v) is 5.59. The highest BCUT2D eigenvalue weighted by Gasteiger charge is 2.21. The maximum Gasteiger partial charge on any atom is 0.172 e. The number of hydrogen-bond acceptors (Lipinski definition) is 3. The number of halogens is 1. The molecule has 0 saturated heterocycles. The second kappa shape index (κ2) is 5.33. The molecule has 0 unspecified atom stereocenters. The average Bonchev–Trinajstić information content (AvgIpc) is 2.47. The van der Waals surface area contributed by atoms with E-state index in [1.165, 1.54) is 32.1 Å². The molecule has 0 bridgehead atoms. The number of rotatable bonds is 2. The minimum Gasteiger partial charge on any atom is -0.354 e. The fraction of sp³-hybridized carbons (Fsp3) is 0.467. The first kappa shape index (κ1) is 12.7. The third-order valence-electron chi connectivity index (χ3n) is 3.97. The van der Waals surface area contributed by atoms with Gasteiger partial charge < -0.3 is 4.90 Å². The Labute approximate surface area is 118 Å². The smallest absolute Gasteiger partial charge is 0.172 e. The SMILES string of the molecule is CN(c1nc2ccccc2nc1Cl)C1CCCCC1. The largest absolute Gasteiger partial charge is 0.354 e. The van der Waals surface area contributed by atoms with E-state index in [4.69, 9.17) is 11.6 Å². The van der Waals surface area contributed by atoms with E-state index in [-0.39, 0.29) is 0 Å². The number of para-hydroxylation sites is 2. The molecule has 2 aromatic rings. The zero-order valence-corrected chi connectivity index (χ0v) is 11.9. The quantitative estimate of drug-likeness (QED) is 0.828. The summed E-state index contributed by atoms with van der Waals surface area (Å²) in [5.41, 5.74) is 1.76. The van der Waals surface area contributed by atoms with Crippen LogP contribution in [0.1, 0.15) is 32.1 Å². The fourth-order valence-corrected chi connectivity index (χ4v) is 3.10. The van der Waals surface area contributed by atoms with Crippen molar-refractivity contribution in [2.75, 3.05) is 11.9 Å². The third kappa shape index (κ3) is 2.52. The molecule has 0 aliphatic heterocycles. The van der Waals surface area contributed by atoms with Crippen molar-refractivity contribution in [2.45, 2.75) is 38.1 Å². The van der Waals surface area contributed by atoms with Crippen LogP contribution in [0.2, 0.25) is 5.15 Å². The first-order valence-corrected chi connectivity index (χ1v) is 7.28. The summed E-state index contributed by atoms with van der Waals surface area (Å²) < 4.78 is 0. The van der Waals surface area contributed by atoms with Crippen LogP contribution in [-0.2, 0) is 0 Å². The van der Waals surface area contributed by atoms with Crippen molar-refractivity contribution in [3.05, 3.63) is 29.4 Å². The summed E-state index contributed by atoms with van der Waals surface area (Å²) in [5.74, 6) is 0.812. The molecule has 1 heterocycles. The molecule has 1 saturated carbocycles. The maximum atomic E-state index is 6.30. The summed E-state index contributed by atoms with van der Waals surface area (Å²) in [6.07, 6.45) is 6.39. The number of nitrogens with zero attached hydrogens (tertiary/aromatic N) is 3. The molecule has 1 aliphatic carbocycles. The van der Waals surface area contributed by atoms with Crippen molar-refractivity contribution in [1.82, 2.24) is 9.97 Å². The highest BCUT2D eigenvalue weighted by atomic mass is 35.5. The first-order valence-electron chi connectivity index (χ1n) is 6.91. The molecule has 1 aromatic heterocycles. The summed E-state index contributed by atoms with van der Waals surface area (Å²) in [7, 11) is 2.08. The number of fused-ring (bicyclic) bond motifs is 1. The Morgan fingerprint density at radius 1 is 1.05 bits per heavy atom. The first-order chi connectivity index (χ1) is 9.25. The molecule has 4 heteroatoms. The molecule has 3 rings (SSSR count). The Morgan fingerprint density at radius 3 is 2.37 bits per heavy atom. The normalized spacial score (nSPS) is 16.7. The van der Waals surface area contributed by atoms with Crippen LogP contribution in [-0.4, -0.2) is 23.1 Å². The highest BCUT2D eigenvalue weighted by Crippen LogP contribution is 2.29. The van der Waals surface area contributed by atoms with Gasteiger partial charge in [0, 0.05) is 13.1 Å². The van der Waals surface area contributed by atoms with Crippen molar-refractivity contribution in [3.8, 4) is 0 Å². The van der Waals surface area contributed by atoms with Gasteiger partial charge in [-0.25, -0.2) is 9.97 Å². The number of benzene rings is 1. The maximum absolute atomic E-state index is 6.30. The van der Waals surface area contributed by atoms with Gasteiger partial charge in [0.25, 0.3) is 0 Å². The molecule has 100 valence electrons. The molecule has 0 spiro atoms. The van der Waals surface area contributed by atoms with Gasteiger partial charge in [-0.05, 0) is 25.0 Å². The lowest BCUT2D eigenvalue weighted by atomic mass is 9.94. The van der Waals surface area contributed by atoms with E-state index >= 15 is 0 Å². The Hall–Kier alpha value is -1.35. The van der Waals surface area contributed by atoms with Gasteiger partial charge in [0.2, 0.25) is 0 Å². The van der Waals surface area contributed by atoms with E-state index < -0.39 is 0 Å². The van der Waals surface area contributed by atoms with Crippen molar-refractivity contribution < 1.29 is 0 Å².